The molecule has 0 amide bonds. The molecular weight excluding hydrogens is 261 g/mol. The molecule has 1 aromatic heterocycles. The molecule has 0 aliphatic heterocycles. The third kappa shape index (κ3) is 1.37. The molecule has 0 saturated heterocycles. The van der Waals surface area contributed by atoms with Gasteiger partial charge in [-0.1, -0.05) is 6.92 Å². The smallest absolute Gasteiger partial charge is 0.0467 e. The number of rotatable bonds is 1. The standard InChI is InChI=1S/C10H12IN/c1-2-7-3-4-8-5-9(11)6-12-10(7)8/h5-7H,2-4H2,1H3. The van der Waals surface area contributed by atoms with Gasteiger partial charge < -0.3 is 0 Å². The molecule has 0 saturated carbocycles. The Morgan fingerprint density at radius 2 is 2.50 bits per heavy atom. The third-order valence-corrected chi connectivity index (χ3v) is 3.20. The van der Waals surface area contributed by atoms with Crippen LogP contribution in [-0.2, 0) is 6.42 Å². The molecule has 0 spiro atoms. The van der Waals surface area contributed by atoms with Crippen LogP contribution in [0.2, 0.25) is 0 Å². The number of halogens is 1. The summed E-state index contributed by atoms with van der Waals surface area (Å²) in [7, 11) is 0. The van der Waals surface area contributed by atoms with Gasteiger partial charge in [-0.25, -0.2) is 0 Å². The highest BCUT2D eigenvalue weighted by Crippen LogP contribution is 2.33. The first kappa shape index (κ1) is 8.48. The molecule has 0 aromatic carbocycles. The summed E-state index contributed by atoms with van der Waals surface area (Å²) < 4.78 is 1.27. The van der Waals surface area contributed by atoms with E-state index in [0.717, 1.165) is 5.92 Å². The number of pyridine rings is 1. The van der Waals surface area contributed by atoms with Crippen molar-refractivity contribution in [2.45, 2.75) is 32.1 Å². The average molecular weight is 273 g/mol. The van der Waals surface area contributed by atoms with Crippen molar-refractivity contribution < 1.29 is 0 Å². The minimum absolute atomic E-state index is 0.733. The fourth-order valence-corrected chi connectivity index (χ4v) is 2.44. The van der Waals surface area contributed by atoms with Gasteiger partial charge in [0.25, 0.3) is 0 Å². The summed E-state index contributed by atoms with van der Waals surface area (Å²) >= 11 is 2.33. The van der Waals surface area contributed by atoms with Crippen molar-refractivity contribution in [3.05, 3.63) is 27.1 Å². The minimum atomic E-state index is 0.733. The Morgan fingerprint density at radius 3 is 3.25 bits per heavy atom. The van der Waals surface area contributed by atoms with Crippen molar-refractivity contribution in [2.24, 2.45) is 0 Å². The first-order valence-electron chi connectivity index (χ1n) is 4.45. The van der Waals surface area contributed by atoms with Crippen LogP contribution in [0.5, 0.6) is 0 Å². The maximum absolute atomic E-state index is 4.50. The summed E-state index contributed by atoms with van der Waals surface area (Å²) in [5.74, 6) is 0.733. The number of aromatic nitrogens is 1. The maximum Gasteiger partial charge on any atom is 0.0467 e. The number of hydrogen-bond acceptors (Lipinski definition) is 1. The topological polar surface area (TPSA) is 12.9 Å². The summed E-state index contributed by atoms with van der Waals surface area (Å²) in [6.07, 6.45) is 5.75. The molecule has 0 N–H and O–H groups in total. The van der Waals surface area contributed by atoms with Gasteiger partial charge in [-0.15, -0.1) is 0 Å². The fourth-order valence-electron chi connectivity index (χ4n) is 1.92. The molecular formula is C10H12IN. The maximum atomic E-state index is 4.50. The Labute approximate surface area is 86.7 Å². The van der Waals surface area contributed by atoms with Gasteiger partial charge in [-0.05, 0) is 53.5 Å². The first-order valence-corrected chi connectivity index (χ1v) is 5.53. The molecule has 1 aromatic rings. The van der Waals surface area contributed by atoms with E-state index in [9.17, 15) is 0 Å². The van der Waals surface area contributed by atoms with Crippen LogP contribution < -0.4 is 0 Å². The van der Waals surface area contributed by atoms with E-state index in [1.807, 2.05) is 6.20 Å². The highest BCUT2D eigenvalue weighted by Gasteiger charge is 2.21. The van der Waals surface area contributed by atoms with Crippen molar-refractivity contribution in [2.75, 3.05) is 0 Å². The summed E-state index contributed by atoms with van der Waals surface area (Å²) in [5, 5.41) is 0. The number of nitrogens with zero attached hydrogens (tertiary/aromatic N) is 1. The molecule has 64 valence electrons. The second-order valence-electron chi connectivity index (χ2n) is 3.34. The van der Waals surface area contributed by atoms with E-state index in [2.05, 4.69) is 40.6 Å². The molecule has 1 nitrogen and oxygen atoms in total. The lowest BCUT2D eigenvalue weighted by Crippen LogP contribution is -1.94. The van der Waals surface area contributed by atoms with Gasteiger partial charge in [-0.2, -0.15) is 0 Å². The molecule has 2 heteroatoms. The average Bonchev–Trinajstić information content (AvgIpc) is 2.46. The molecule has 1 unspecified atom stereocenters. The van der Waals surface area contributed by atoms with E-state index in [0.29, 0.717) is 0 Å². The molecule has 12 heavy (non-hydrogen) atoms. The van der Waals surface area contributed by atoms with Gasteiger partial charge >= 0.3 is 0 Å². The van der Waals surface area contributed by atoms with Crippen LogP contribution in [0.3, 0.4) is 0 Å². The minimum Gasteiger partial charge on any atom is -0.260 e. The van der Waals surface area contributed by atoms with Crippen molar-refractivity contribution in [1.29, 1.82) is 0 Å². The van der Waals surface area contributed by atoms with Crippen LogP contribution in [-0.4, -0.2) is 4.98 Å². The molecule has 1 aliphatic rings. The van der Waals surface area contributed by atoms with Gasteiger partial charge in [0.1, 0.15) is 0 Å². The molecule has 0 fully saturated rings. The van der Waals surface area contributed by atoms with Gasteiger partial charge in [0.15, 0.2) is 0 Å². The van der Waals surface area contributed by atoms with Crippen molar-refractivity contribution in [1.82, 2.24) is 4.98 Å². The van der Waals surface area contributed by atoms with Crippen LogP contribution >= 0.6 is 22.6 Å². The SMILES string of the molecule is CCC1CCc2cc(I)cnc21. The lowest BCUT2D eigenvalue weighted by atomic mass is 10.0. The highest BCUT2D eigenvalue weighted by molar-refractivity contribution is 14.1. The highest BCUT2D eigenvalue weighted by atomic mass is 127. The van der Waals surface area contributed by atoms with Crippen LogP contribution in [0.1, 0.15) is 36.9 Å². The number of hydrogen-bond donors (Lipinski definition) is 0. The van der Waals surface area contributed by atoms with E-state index in [4.69, 9.17) is 0 Å². The zero-order valence-corrected chi connectivity index (χ0v) is 9.34. The zero-order valence-electron chi connectivity index (χ0n) is 7.18. The van der Waals surface area contributed by atoms with E-state index in [1.54, 1.807) is 0 Å². The quantitative estimate of drug-likeness (QED) is 0.716. The first-order chi connectivity index (χ1) is 5.81. The van der Waals surface area contributed by atoms with Gasteiger partial charge in [0.2, 0.25) is 0 Å². The van der Waals surface area contributed by atoms with Crippen LogP contribution in [0.25, 0.3) is 0 Å². The van der Waals surface area contributed by atoms with Gasteiger partial charge in [-0.3, -0.25) is 4.98 Å². The van der Waals surface area contributed by atoms with Crippen LogP contribution in [0.15, 0.2) is 12.3 Å². The van der Waals surface area contributed by atoms with Crippen molar-refractivity contribution in [3.63, 3.8) is 0 Å². The predicted molar refractivity (Wildman–Crippen MR) is 58.3 cm³/mol. The van der Waals surface area contributed by atoms with Crippen molar-refractivity contribution >= 4 is 22.6 Å². The van der Waals surface area contributed by atoms with Gasteiger partial charge in [0, 0.05) is 21.4 Å². The molecule has 1 aliphatic carbocycles. The number of fused-ring (bicyclic) bond motifs is 1. The van der Waals surface area contributed by atoms with Crippen LogP contribution in [0, 0.1) is 3.57 Å². The second-order valence-corrected chi connectivity index (χ2v) is 4.59. The Kier molecular flexibility index (Phi) is 2.35. The van der Waals surface area contributed by atoms with Crippen molar-refractivity contribution in [3.8, 4) is 0 Å². The van der Waals surface area contributed by atoms with E-state index >= 15 is 0 Å². The predicted octanol–water partition coefficient (Wildman–Crippen LogP) is 3.13. The summed E-state index contributed by atoms with van der Waals surface area (Å²) in [6.45, 7) is 2.25. The fraction of sp³-hybridized carbons (Fsp3) is 0.500. The third-order valence-electron chi connectivity index (χ3n) is 2.61. The Hall–Kier alpha value is -0.120. The Balaban J connectivity index is 2.40. The largest absolute Gasteiger partial charge is 0.260 e. The lowest BCUT2D eigenvalue weighted by Gasteiger charge is -2.05. The molecule has 2 rings (SSSR count). The normalized spacial score (nSPS) is 21.0. The van der Waals surface area contributed by atoms with Crippen LogP contribution in [0.4, 0.5) is 0 Å². The summed E-state index contributed by atoms with van der Waals surface area (Å²) in [5.41, 5.74) is 2.84. The second kappa shape index (κ2) is 3.32. The Morgan fingerprint density at radius 1 is 1.67 bits per heavy atom. The molecule has 1 atom stereocenters. The lowest BCUT2D eigenvalue weighted by molar-refractivity contribution is 0.642. The summed E-state index contributed by atoms with van der Waals surface area (Å²) in [6, 6.07) is 2.28. The molecule has 0 bridgehead atoms. The van der Waals surface area contributed by atoms with E-state index in [1.165, 1.54) is 34.1 Å². The van der Waals surface area contributed by atoms with Gasteiger partial charge in [0.05, 0.1) is 0 Å². The summed E-state index contributed by atoms with van der Waals surface area (Å²) in [4.78, 5) is 4.50. The number of aryl methyl sites for hydroxylation is 1. The molecule has 1 heterocycles. The Bertz CT molecular complexity index is 296. The zero-order chi connectivity index (χ0) is 8.55. The van der Waals surface area contributed by atoms with E-state index < -0.39 is 0 Å². The molecule has 0 radical (unpaired) electrons. The van der Waals surface area contributed by atoms with E-state index in [-0.39, 0.29) is 0 Å². The monoisotopic (exact) mass is 273 g/mol.